The largest absolute Gasteiger partial charge is 0.357 e. The maximum Gasteiger partial charge on any atom is 0.191 e. The van der Waals surface area contributed by atoms with Crippen LogP contribution in [0.25, 0.3) is 0 Å². The number of nitrogens with one attached hydrogen (secondary N) is 2. The van der Waals surface area contributed by atoms with Crippen molar-refractivity contribution in [1.29, 1.82) is 0 Å². The first-order valence-electron chi connectivity index (χ1n) is 10.9. The first kappa shape index (κ1) is 21.8. The molecule has 0 aliphatic carbocycles. The first-order valence-corrected chi connectivity index (χ1v) is 11.7. The van der Waals surface area contributed by atoms with Gasteiger partial charge in [0, 0.05) is 43.2 Å². The van der Waals surface area contributed by atoms with E-state index in [4.69, 9.17) is 4.99 Å². The molecule has 1 aromatic carbocycles. The molecular formula is C23H35N5S. The molecular weight excluding hydrogens is 378 g/mol. The fourth-order valence-corrected chi connectivity index (χ4v) is 4.57. The fourth-order valence-electron chi connectivity index (χ4n) is 3.79. The van der Waals surface area contributed by atoms with Crippen LogP contribution in [0.5, 0.6) is 0 Å². The number of aliphatic imine (C=N–C) groups is 1. The standard InChI is InChI=1S/C23H35N5S/c1-4-24-23(25-13-12-22-26-15-19(3)29-22)27-16-20-10-5-6-11-21(20)17-28-14-8-7-9-18(28)2/h5-6,10-11,15,18H,4,7-9,12-14,16-17H2,1-3H3,(H2,24,25,27). The Morgan fingerprint density at radius 2 is 2.07 bits per heavy atom. The lowest BCUT2D eigenvalue weighted by atomic mass is 10.0. The number of benzene rings is 1. The highest BCUT2D eigenvalue weighted by atomic mass is 32.1. The Bertz CT molecular complexity index is 785. The van der Waals surface area contributed by atoms with Crippen molar-refractivity contribution in [3.05, 3.63) is 51.5 Å². The number of likely N-dealkylation sites (tertiary alicyclic amines) is 1. The highest BCUT2D eigenvalue weighted by molar-refractivity contribution is 7.11. The van der Waals surface area contributed by atoms with Crippen molar-refractivity contribution < 1.29 is 0 Å². The van der Waals surface area contributed by atoms with Gasteiger partial charge in [-0.05, 0) is 51.3 Å². The van der Waals surface area contributed by atoms with Crippen LogP contribution in [0.1, 0.15) is 54.1 Å². The van der Waals surface area contributed by atoms with Crippen molar-refractivity contribution in [3.8, 4) is 0 Å². The quantitative estimate of drug-likeness (QED) is 0.505. The molecule has 1 aliphatic rings. The van der Waals surface area contributed by atoms with Gasteiger partial charge in [0.25, 0.3) is 0 Å². The minimum atomic E-state index is 0.675. The van der Waals surface area contributed by atoms with E-state index in [2.05, 4.69) is 65.6 Å². The van der Waals surface area contributed by atoms with E-state index in [1.165, 1.54) is 46.8 Å². The molecule has 29 heavy (non-hydrogen) atoms. The molecule has 2 N–H and O–H groups in total. The molecule has 3 rings (SSSR count). The highest BCUT2D eigenvalue weighted by Gasteiger charge is 2.19. The summed E-state index contributed by atoms with van der Waals surface area (Å²) in [7, 11) is 0. The summed E-state index contributed by atoms with van der Waals surface area (Å²) in [5.41, 5.74) is 2.72. The predicted octanol–water partition coefficient (Wildman–Crippen LogP) is 4.12. The zero-order valence-corrected chi connectivity index (χ0v) is 18.9. The van der Waals surface area contributed by atoms with Crippen LogP contribution in [0.15, 0.2) is 35.5 Å². The van der Waals surface area contributed by atoms with E-state index in [1.54, 1.807) is 11.3 Å². The molecule has 158 valence electrons. The summed E-state index contributed by atoms with van der Waals surface area (Å²) in [6.45, 7) is 11.2. The topological polar surface area (TPSA) is 52.6 Å². The van der Waals surface area contributed by atoms with Crippen molar-refractivity contribution in [3.63, 3.8) is 0 Å². The maximum absolute atomic E-state index is 4.85. The summed E-state index contributed by atoms with van der Waals surface area (Å²) in [6, 6.07) is 9.43. The van der Waals surface area contributed by atoms with Gasteiger partial charge in [-0.3, -0.25) is 4.90 Å². The van der Waals surface area contributed by atoms with E-state index in [-0.39, 0.29) is 0 Å². The molecule has 0 spiro atoms. The number of hydrogen-bond donors (Lipinski definition) is 2. The predicted molar refractivity (Wildman–Crippen MR) is 124 cm³/mol. The molecule has 5 nitrogen and oxygen atoms in total. The van der Waals surface area contributed by atoms with Crippen LogP contribution in [0, 0.1) is 6.92 Å². The van der Waals surface area contributed by atoms with Crippen LogP contribution < -0.4 is 10.6 Å². The summed E-state index contributed by atoms with van der Waals surface area (Å²) in [5, 5.41) is 7.99. The van der Waals surface area contributed by atoms with Gasteiger partial charge in [-0.2, -0.15) is 0 Å². The maximum atomic E-state index is 4.85. The van der Waals surface area contributed by atoms with Crippen LogP contribution in [0.2, 0.25) is 0 Å². The van der Waals surface area contributed by atoms with E-state index < -0.39 is 0 Å². The summed E-state index contributed by atoms with van der Waals surface area (Å²) in [5.74, 6) is 0.877. The average Bonchev–Trinajstić information content (AvgIpc) is 3.14. The van der Waals surface area contributed by atoms with Gasteiger partial charge in [-0.15, -0.1) is 11.3 Å². The minimum Gasteiger partial charge on any atom is -0.357 e. The third-order valence-electron chi connectivity index (χ3n) is 5.48. The van der Waals surface area contributed by atoms with Crippen molar-refractivity contribution in [1.82, 2.24) is 20.5 Å². The first-order chi connectivity index (χ1) is 14.2. The van der Waals surface area contributed by atoms with Gasteiger partial charge < -0.3 is 10.6 Å². The van der Waals surface area contributed by atoms with Crippen molar-refractivity contribution in [2.75, 3.05) is 19.6 Å². The summed E-state index contributed by atoms with van der Waals surface area (Å²) in [4.78, 5) is 13.2. The Morgan fingerprint density at radius 1 is 1.24 bits per heavy atom. The zero-order chi connectivity index (χ0) is 20.5. The number of nitrogens with zero attached hydrogens (tertiary/aromatic N) is 3. The normalized spacial score (nSPS) is 18.0. The van der Waals surface area contributed by atoms with Crippen molar-refractivity contribution in [2.45, 2.75) is 65.6 Å². The molecule has 6 heteroatoms. The van der Waals surface area contributed by atoms with E-state index in [0.29, 0.717) is 12.6 Å². The van der Waals surface area contributed by atoms with E-state index in [0.717, 1.165) is 32.0 Å². The second-order valence-electron chi connectivity index (χ2n) is 7.82. The fraction of sp³-hybridized carbons (Fsp3) is 0.565. The van der Waals surface area contributed by atoms with Gasteiger partial charge in [0.1, 0.15) is 0 Å². The number of rotatable bonds is 8. The third-order valence-corrected chi connectivity index (χ3v) is 6.46. The lowest BCUT2D eigenvalue weighted by Gasteiger charge is -2.33. The number of guanidine groups is 1. The Balaban J connectivity index is 1.59. The van der Waals surface area contributed by atoms with Gasteiger partial charge in [-0.1, -0.05) is 30.7 Å². The molecule has 2 heterocycles. The highest BCUT2D eigenvalue weighted by Crippen LogP contribution is 2.21. The molecule has 0 bridgehead atoms. The number of thiazole rings is 1. The summed E-state index contributed by atoms with van der Waals surface area (Å²) in [6.07, 6.45) is 6.86. The van der Waals surface area contributed by atoms with Crippen LogP contribution in [0.3, 0.4) is 0 Å². The number of hydrogen-bond acceptors (Lipinski definition) is 4. The molecule has 1 aromatic heterocycles. The Labute approximate surface area is 179 Å². The SMILES string of the molecule is CCNC(=NCc1ccccc1CN1CCCCC1C)NCCc1ncc(C)s1. The molecule has 1 fully saturated rings. The van der Waals surface area contributed by atoms with Crippen LogP contribution in [-0.4, -0.2) is 41.5 Å². The molecule has 1 unspecified atom stereocenters. The molecule has 1 aliphatic heterocycles. The number of aryl methyl sites for hydroxylation is 1. The van der Waals surface area contributed by atoms with E-state index in [9.17, 15) is 0 Å². The smallest absolute Gasteiger partial charge is 0.191 e. The lowest BCUT2D eigenvalue weighted by Crippen LogP contribution is -2.38. The molecule has 0 radical (unpaired) electrons. The minimum absolute atomic E-state index is 0.675. The average molecular weight is 414 g/mol. The summed E-state index contributed by atoms with van der Waals surface area (Å²) < 4.78 is 0. The Morgan fingerprint density at radius 3 is 2.79 bits per heavy atom. The molecule has 1 saturated heterocycles. The van der Waals surface area contributed by atoms with Crippen LogP contribution in [0.4, 0.5) is 0 Å². The van der Waals surface area contributed by atoms with E-state index >= 15 is 0 Å². The molecule has 1 atom stereocenters. The Hall–Kier alpha value is -1.92. The van der Waals surface area contributed by atoms with Crippen molar-refractivity contribution >= 4 is 17.3 Å². The van der Waals surface area contributed by atoms with Gasteiger partial charge >= 0.3 is 0 Å². The van der Waals surface area contributed by atoms with Gasteiger partial charge in [0.2, 0.25) is 0 Å². The number of aromatic nitrogens is 1. The second kappa shape index (κ2) is 11.3. The van der Waals surface area contributed by atoms with Gasteiger partial charge in [0.05, 0.1) is 11.6 Å². The Kier molecular flexibility index (Phi) is 8.50. The second-order valence-corrected chi connectivity index (χ2v) is 9.14. The monoisotopic (exact) mass is 413 g/mol. The third kappa shape index (κ3) is 6.82. The molecule has 2 aromatic rings. The zero-order valence-electron chi connectivity index (χ0n) is 18.1. The van der Waals surface area contributed by atoms with Crippen LogP contribution >= 0.6 is 11.3 Å². The van der Waals surface area contributed by atoms with Crippen LogP contribution in [-0.2, 0) is 19.5 Å². The summed E-state index contributed by atoms with van der Waals surface area (Å²) >= 11 is 1.77. The van der Waals surface area contributed by atoms with Gasteiger partial charge in [0.15, 0.2) is 5.96 Å². The van der Waals surface area contributed by atoms with Crippen molar-refractivity contribution in [2.24, 2.45) is 4.99 Å². The lowest BCUT2D eigenvalue weighted by molar-refractivity contribution is 0.152. The number of piperidine rings is 1. The van der Waals surface area contributed by atoms with Gasteiger partial charge in [-0.25, -0.2) is 9.98 Å². The molecule has 0 amide bonds. The van der Waals surface area contributed by atoms with E-state index in [1.807, 2.05) is 6.20 Å². The molecule has 0 saturated carbocycles.